The molecule has 1 aromatic heterocycles. The molecule has 1 fully saturated rings. The molecule has 3 aromatic rings. The Balaban J connectivity index is 1.33. The lowest BCUT2D eigenvalue weighted by molar-refractivity contribution is -0.116. The topological polar surface area (TPSA) is 50.2 Å². The van der Waals surface area contributed by atoms with Crippen molar-refractivity contribution >= 4 is 28.3 Å². The van der Waals surface area contributed by atoms with Gasteiger partial charge in [-0.2, -0.15) is 0 Å². The van der Waals surface area contributed by atoms with Crippen LogP contribution < -0.4 is 10.2 Å². The summed E-state index contributed by atoms with van der Waals surface area (Å²) in [6.07, 6.45) is 5.70. The maximum atomic E-state index is 12.5. The largest absolute Gasteiger partial charge is 0.372 e. The van der Waals surface area contributed by atoms with Crippen LogP contribution in [0, 0.1) is 20.8 Å². The zero-order valence-corrected chi connectivity index (χ0v) is 17.7. The van der Waals surface area contributed by atoms with Crippen molar-refractivity contribution in [1.29, 1.82) is 0 Å². The van der Waals surface area contributed by atoms with Gasteiger partial charge < -0.3 is 14.8 Å². The van der Waals surface area contributed by atoms with Crippen LogP contribution in [0.15, 0.2) is 36.7 Å². The van der Waals surface area contributed by atoms with Crippen LogP contribution >= 0.6 is 0 Å². The number of anilines is 2. The third-order valence-electron chi connectivity index (χ3n) is 5.99. The Hall–Kier alpha value is -2.82. The molecule has 4 rings (SSSR count). The molecule has 1 aliphatic rings. The Morgan fingerprint density at radius 3 is 2.55 bits per heavy atom. The average molecular weight is 391 g/mol. The van der Waals surface area contributed by atoms with Crippen LogP contribution in [0.25, 0.3) is 11.0 Å². The number of carbonyl (C=O) groups is 1. The van der Waals surface area contributed by atoms with Gasteiger partial charge in [-0.3, -0.25) is 4.79 Å². The lowest BCUT2D eigenvalue weighted by Gasteiger charge is -2.19. The van der Waals surface area contributed by atoms with Gasteiger partial charge in [0.25, 0.3) is 0 Å². The van der Waals surface area contributed by atoms with Gasteiger partial charge >= 0.3 is 0 Å². The molecule has 1 aliphatic heterocycles. The molecule has 0 aliphatic carbocycles. The Labute approximate surface area is 172 Å². The summed E-state index contributed by atoms with van der Waals surface area (Å²) in [7, 11) is 0. The maximum absolute atomic E-state index is 12.5. The maximum Gasteiger partial charge on any atom is 0.224 e. The standard InChI is InChI=1S/C24H30N4O/c1-17-14-22-23(15-18(17)2)28(16-25-22)12-6-7-24(29)26-21-9-8-20(13-19(21)3)27-10-4-5-11-27/h8-9,13-16H,4-7,10-12H2,1-3H3,(H,26,29). The molecule has 29 heavy (non-hydrogen) atoms. The lowest BCUT2D eigenvalue weighted by atomic mass is 10.1. The van der Waals surface area contributed by atoms with Gasteiger partial charge in [0.15, 0.2) is 0 Å². The van der Waals surface area contributed by atoms with Gasteiger partial charge in [-0.25, -0.2) is 4.98 Å². The number of aryl methyl sites for hydroxylation is 4. The predicted molar refractivity (Wildman–Crippen MR) is 120 cm³/mol. The molecule has 0 spiro atoms. The first kappa shape index (κ1) is 19.5. The van der Waals surface area contributed by atoms with Crippen molar-refractivity contribution in [2.45, 2.75) is 53.0 Å². The van der Waals surface area contributed by atoms with Gasteiger partial charge in [-0.1, -0.05) is 0 Å². The van der Waals surface area contributed by atoms with Crippen LogP contribution in [0.3, 0.4) is 0 Å². The summed E-state index contributed by atoms with van der Waals surface area (Å²) >= 11 is 0. The van der Waals surface area contributed by atoms with Crippen molar-refractivity contribution in [1.82, 2.24) is 9.55 Å². The van der Waals surface area contributed by atoms with Crippen LogP contribution in [0.5, 0.6) is 0 Å². The van der Waals surface area contributed by atoms with Crippen LogP contribution in [-0.4, -0.2) is 28.5 Å². The number of amides is 1. The van der Waals surface area contributed by atoms with E-state index in [9.17, 15) is 4.79 Å². The van der Waals surface area contributed by atoms with Gasteiger partial charge in [-0.05, 0) is 87.1 Å². The fourth-order valence-corrected chi connectivity index (χ4v) is 4.07. The second-order valence-electron chi connectivity index (χ2n) is 8.21. The number of benzene rings is 2. The Kier molecular flexibility index (Phi) is 5.56. The van der Waals surface area contributed by atoms with Gasteiger partial charge in [0.2, 0.25) is 5.91 Å². The van der Waals surface area contributed by atoms with Crippen LogP contribution in [0.2, 0.25) is 0 Å². The number of fused-ring (bicyclic) bond motifs is 1. The van der Waals surface area contributed by atoms with Gasteiger partial charge in [0.05, 0.1) is 17.4 Å². The first-order valence-corrected chi connectivity index (χ1v) is 10.6. The van der Waals surface area contributed by atoms with Gasteiger partial charge in [0.1, 0.15) is 0 Å². The van der Waals surface area contributed by atoms with Crippen molar-refractivity contribution < 1.29 is 4.79 Å². The smallest absolute Gasteiger partial charge is 0.224 e. The minimum Gasteiger partial charge on any atom is -0.372 e. The second-order valence-corrected chi connectivity index (χ2v) is 8.21. The lowest BCUT2D eigenvalue weighted by Crippen LogP contribution is -2.18. The summed E-state index contributed by atoms with van der Waals surface area (Å²) < 4.78 is 2.14. The van der Waals surface area contributed by atoms with Crippen molar-refractivity contribution in [3.63, 3.8) is 0 Å². The minimum atomic E-state index is 0.0680. The van der Waals surface area contributed by atoms with Crippen molar-refractivity contribution in [3.05, 3.63) is 53.3 Å². The first-order valence-electron chi connectivity index (χ1n) is 10.6. The summed E-state index contributed by atoms with van der Waals surface area (Å²) in [4.78, 5) is 19.4. The fraction of sp³-hybridized carbons (Fsp3) is 0.417. The zero-order chi connectivity index (χ0) is 20.4. The minimum absolute atomic E-state index is 0.0680. The molecule has 1 amide bonds. The summed E-state index contributed by atoms with van der Waals surface area (Å²) in [5.74, 6) is 0.0680. The molecule has 0 atom stereocenters. The van der Waals surface area contributed by atoms with Crippen molar-refractivity contribution in [2.75, 3.05) is 23.3 Å². The molecule has 0 unspecified atom stereocenters. The van der Waals surface area contributed by atoms with E-state index in [0.29, 0.717) is 6.42 Å². The molecule has 0 radical (unpaired) electrons. The van der Waals surface area contributed by atoms with E-state index >= 15 is 0 Å². The molecule has 0 bridgehead atoms. The SMILES string of the molecule is Cc1cc2ncn(CCCC(=O)Nc3ccc(N4CCCC4)cc3C)c2cc1C. The highest BCUT2D eigenvalue weighted by Crippen LogP contribution is 2.26. The summed E-state index contributed by atoms with van der Waals surface area (Å²) in [6.45, 7) is 9.35. The summed E-state index contributed by atoms with van der Waals surface area (Å²) in [6, 6.07) is 10.7. The van der Waals surface area contributed by atoms with Gasteiger partial charge in [-0.15, -0.1) is 0 Å². The highest BCUT2D eigenvalue weighted by Gasteiger charge is 2.14. The molecule has 5 nitrogen and oxygen atoms in total. The zero-order valence-electron chi connectivity index (χ0n) is 17.7. The molecular formula is C24H30N4O. The van der Waals surface area contributed by atoms with E-state index in [1.807, 2.05) is 12.4 Å². The van der Waals surface area contributed by atoms with E-state index in [2.05, 4.69) is 64.8 Å². The van der Waals surface area contributed by atoms with E-state index in [4.69, 9.17) is 0 Å². The van der Waals surface area contributed by atoms with Crippen molar-refractivity contribution in [3.8, 4) is 0 Å². The number of rotatable bonds is 6. The van der Waals surface area contributed by atoms with Crippen LogP contribution in [-0.2, 0) is 11.3 Å². The first-order chi connectivity index (χ1) is 14.0. The molecule has 152 valence electrons. The Morgan fingerprint density at radius 1 is 1.03 bits per heavy atom. The van der Waals surface area contributed by atoms with Crippen LogP contribution in [0.4, 0.5) is 11.4 Å². The number of aromatic nitrogens is 2. The molecule has 2 heterocycles. The number of imidazole rings is 1. The molecule has 1 N–H and O–H groups in total. The fourth-order valence-electron chi connectivity index (χ4n) is 4.07. The van der Waals surface area contributed by atoms with E-state index < -0.39 is 0 Å². The van der Waals surface area contributed by atoms with Gasteiger partial charge in [0, 0.05) is 37.4 Å². The van der Waals surface area contributed by atoms with E-state index in [-0.39, 0.29) is 5.91 Å². The predicted octanol–water partition coefficient (Wildman–Crippen LogP) is 4.98. The van der Waals surface area contributed by atoms with Crippen molar-refractivity contribution in [2.24, 2.45) is 0 Å². The highest BCUT2D eigenvalue weighted by atomic mass is 16.1. The monoisotopic (exact) mass is 390 g/mol. The molecular weight excluding hydrogens is 360 g/mol. The third kappa shape index (κ3) is 4.29. The average Bonchev–Trinajstić information content (AvgIpc) is 3.35. The second kappa shape index (κ2) is 8.27. The summed E-state index contributed by atoms with van der Waals surface area (Å²) in [5, 5.41) is 3.08. The Bertz CT molecular complexity index is 1030. The molecule has 5 heteroatoms. The highest BCUT2D eigenvalue weighted by molar-refractivity contribution is 5.91. The van der Waals surface area contributed by atoms with E-state index in [0.717, 1.165) is 48.3 Å². The third-order valence-corrected chi connectivity index (χ3v) is 5.99. The molecule has 1 saturated heterocycles. The Morgan fingerprint density at radius 2 is 1.79 bits per heavy atom. The number of nitrogens with one attached hydrogen (secondary N) is 1. The molecule has 2 aromatic carbocycles. The molecule has 0 saturated carbocycles. The number of hydrogen-bond acceptors (Lipinski definition) is 3. The van der Waals surface area contributed by atoms with E-state index in [1.165, 1.54) is 29.7 Å². The van der Waals surface area contributed by atoms with Crippen LogP contribution in [0.1, 0.15) is 42.4 Å². The summed E-state index contributed by atoms with van der Waals surface area (Å²) in [5.41, 5.74) is 7.98. The normalized spacial score (nSPS) is 14.0. The number of carbonyl (C=O) groups excluding carboxylic acids is 1. The quantitative estimate of drug-likeness (QED) is 0.646. The number of hydrogen-bond donors (Lipinski definition) is 1. The number of nitrogens with zero attached hydrogens (tertiary/aromatic N) is 3. The van der Waals surface area contributed by atoms with E-state index in [1.54, 1.807) is 0 Å².